The zero-order chi connectivity index (χ0) is 14.3. The van der Waals surface area contributed by atoms with Gasteiger partial charge in [0.1, 0.15) is 5.75 Å². The van der Waals surface area contributed by atoms with E-state index in [1.807, 2.05) is 45.0 Å². The fraction of sp³-hybridized carbons (Fsp3) is 0.235. The first-order valence-corrected chi connectivity index (χ1v) is 6.46. The number of hydrogen-bond donors (Lipinski definition) is 0. The van der Waals surface area contributed by atoms with Crippen LogP contribution in [0.3, 0.4) is 0 Å². The fourth-order valence-electron chi connectivity index (χ4n) is 1.61. The topological polar surface area (TPSA) is 26.3 Å². The lowest BCUT2D eigenvalue weighted by Gasteiger charge is -2.03. The predicted molar refractivity (Wildman–Crippen MR) is 79.0 cm³/mol. The summed E-state index contributed by atoms with van der Waals surface area (Å²) in [6.45, 7) is 6.00. The summed E-state index contributed by atoms with van der Waals surface area (Å²) < 4.78 is 5.06. The largest absolute Gasteiger partial charge is 0.497 e. The van der Waals surface area contributed by atoms with Gasteiger partial charge in [-0.1, -0.05) is 43.7 Å². The van der Waals surface area contributed by atoms with Crippen LogP contribution in [0.5, 0.6) is 5.75 Å². The summed E-state index contributed by atoms with van der Waals surface area (Å²) >= 11 is 0. The molecule has 2 aromatic rings. The van der Waals surface area contributed by atoms with Crippen LogP contribution in [0.1, 0.15) is 35.3 Å². The monoisotopic (exact) mass is 256 g/mol. The van der Waals surface area contributed by atoms with E-state index in [4.69, 9.17) is 4.74 Å². The third-order valence-electron chi connectivity index (χ3n) is 2.67. The van der Waals surface area contributed by atoms with Gasteiger partial charge in [-0.2, -0.15) is 0 Å². The molecule has 2 rings (SSSR count). The van der Waals surface area contributed by atoms with Gasteiger partial charge in [0.15, 0.2) is 5.78 Å². The van der Waals surface area contributed by atoms with Gasteiger partial charge in [-0.15, -0.1) is 0 Å². The van der Waals surface area contributed by atoms with Gasteiger partial charge < -0.3 is 4.74 Å². The van der Waals surface area contributed by atoms with Gasteiger partial charge >= 0.3 is 0 Å². The Morgan fingerprint density at radius 2 is 1.26 bits per heavy atom. The number of ether oxygens (including phenoxy) is 1. The predicted octanol–water partition coefficient (Wildman–Crippen LogP) is 4.26. The molecule has 0 bridgehead atoms. The van der Waals surface area contributed by atoms with Crippen LogP contribution in [-0.2, 0) is 0 Å². The Labute approximate surface area is 115 Å². The number of hydrogen-bond acceptors (Lipinski definition) is 2. The van der Waals surface area contributed by atoms with Gasteiger partial charge in [0.25, 0.3) is 0 Å². The lowest BCUT2D eigenvalue weighted by Crippen LogP contribution is -2.00. The Bertz CT molecular complexity index is 510. The lowest BCUT2D eigenvalue weighted by atomic mass is 10.0. The van der Waals surface area contributed by atoms with Crippen molar-refractivity contribution in [1.82, 2.24) is 0 Å². The second-order valence-corrected chi connectivity index (χ2v) is 3.92. The number of benzene rings is 2. The lowest BCUT2D eigenvalue weighted by molar-refractivity contribution is 0.103. The number of carbonyl (C=O) groups is 1. The molecule has 2 aromatic carbocycles. The molecular formula is C17H20O2. The summed E-state index contributed by atoms with van der Waals surface area (Å²) in [5, 5.41) is 0. The molecule has 0 amide bonds. The van der Waals surface area contributed by atoms with Crippen molar-refractivity contribution in [3.05, 3.63) is 65.2 Å². The molecule has 0 aliphatic heterocycles. The van der Waals surface area contributed by atoms with Gasteiger partial charge in [-0.3, -0.25) is 4.79 Å². The van der Waals surface area contributed by atoms with Crippen LogP contribution >= 0.6 is 0 Å². The molecule has 0 fully saturated rings. The second kappa shape index (κ2) is 7.37. The van der Waals surface area contributed by atoms with Crippen molar-refractivity contribution in [3.8, 4) is 5.75 Å². The highest BCUT2D eigenvalue weighted by molar-refractivity contribution is 6.09. The maximum absolute atomic E-state index is 12.1. The number of ketones is 1. The van der Waals surface area contributed by atoms with E-state index in [1.165, 1.54) is 0 Å². The van der Waals surface area contributed by atoms with Crippen molar-refractivity contribution in [2.24, 2.45) is 0 Å². The molecule has 0 radical (unpaired) electrons. The quantitative estimate of drug-likeness (QED) is 0.767. The first kappa shape index (κ1) is 15.0. The van der Waals surface area contributed by atoms with E-state index in [2.05, 4.69) is 0 Å². The molecule has 0 unspecified atom stereocenters. The van der Waals surface area contributed by atoms with Gasteiger partial charge in [-0.25, -0.2) is 0 Å². The zero-order valence-electron chi connectivity index (χ0n) is 11.9. The van der Waals surface area contributed by atoms with Crippen molar-refractivity contribution >= 4 is 5.78 Å². The average molecular weight is 256 g/mol. The molecule has 0 saturated heterocycles. The standard InChI is InChI=1S/C15H14O2.C2H6/c1-11-3-5-12(6-4-11)15(16)13-7-9-14(17-2)10-8-13;1-2/h3-10H,1-2H3;1-2H3. The molecule has 19 heavy (non-hydrogen) atoms. The van der Waals surface area contributed by atoms with Gasteiger partial charge in [0.05, 0.1) is 7.11 Å². The normalized spacial score (nSPS) is 9.26. The third kappa shape index (κ3) is 3.95. The molecule has 2 heteroatoms. The summed E-state index contributed by atoms with van der Waals surface area (Å²) in [5.74, 6) is 0.790. The van der Waals surface area contributed by atoms with Crippen LogP contribution < -0.4 is 4.74 Å². The minimum Gasteiger partial charge on any atom is -0.497 e. The van der Waals surface area contributed by atoms with Gasteiger partial charge in [0, 0.05) is 11.1 Å². The van der Waals surface area contributed by atoms with E-state index < -0.39 is 0 Å². The number of methoxy groups -OCH3 is 1. The second-order valence-electron chi connectivity index (χ2n) is 3.92. The van der Waals surface area contributed by atoms with Crippen molar-refractivity contribution in [2.45, 2.75) is 20.8 Å². The number of carbonyl (C=O) groups excluding carboxylic acids is 1. The van der Waals surface area contributed by atoms with E-state index in [1.54, 1.807) is 31.4 Å². The summed E-state index contributed by atoms with van der Waals surface area (Å²) in [7, 11) is 1.61. The number of aryl methyl sites for hydroxylation is 1. The summed E-state index contributed by atoms with van der Waals surface area (Å²) in [6, 6.07) is 14.7. The van der Waals surface area contributed by atoms with Crippen molar-refractivity contribution in [3.63, 3.8) is 0 Å². The highest BCUT2D eigenvalue weighted by Gasteiger charge is 2.08. The van der Waals surface area contributed by atoms with Crippen molar-refractivity contribution in [2.75, 3.05) is 7.11 Å². The summed E-state index contributed by atoms with van der Waals surface area (Å²) in [5.41, 5.74) is 2.53. The van der Waals surface area contributed by atoms with Crippen LogP contribution in [0.2, 0.25) is 0 Å². The number of rotatable bonds is 3. The molecule has 0 aromatic heterocycles. The van der Waals surface area contributed by atoms with Crippen LogP contribution in [-0.4, -0.2) is 12.9 Å². The SMILES string of the molecule is CC.COc1ccc(C(=O)c2ccc(C)cc2)cc1. The van der Waals surface area contributed by atoms with Crippen LogP contribution in [0.4, 0.5) is 0 Å². The molecule has 2 nitrogen and oxygen atoms in total. The first-order valence-electron chi connectivity index (χ1n) is 6.46. The molecular weight excluding hydrogens is 236 g/mol. The van der Waals surface area contributed by atoms with E-state index >= 15 is 0 Å². The Morgan fingerprint density at radius 1 is 0.842 bits per heavy atom. The summed E-state index contributed by atoms with van der Waals surface area (Å²) in [6.07, 6.45) is 0. The highest BCUT2D eigenvalue weighted by atomic mass is 16.5. The van der Waals surface area contributed by atoms with E-state index in [0.29, 0.717) is 11.1 Å². The molecule has 0 heterocycles. The summed E-state index contributed by atoms with van der Waals surface area (Å²) in [4.78, 5) is 12.1. The van der Waals surface area contributed by atoms with E-state index in [-0.39, 0.29) is 5.78 Å². The van der Waals surface area contributed by atoms with Gasteiger partial charge in [-0.05, 0) is 31.2 Å². The maximum atomic E-state index is 12.1. The zero-order valence-corrected chi connectivity index (χ0v) is 11.9. The molecule has 100 valence electrons. The molecule has 0 aliphatic carbocycles. The van der Waals surface area contributed by atoms with Crippen LogP contribution in [0.25, 0.3) is 0 Å². The molecule has 0 N–H and O–H groups in total. The smallest absolute Gasteiger partial charge is 0.193 e. The highest BCUT2D eigenvalue weighted by Crippen LogP contribution is 2.15. The molecule has 0 atom stereocenters. The van der Waals surface area contributed by atoms with E-state index in [9.17, 15) is 4.79 Å². The molecule has 0 saturated carbocycles. The average Bonchev–Trinajstić information content (AvgIpc) is 2.49. The van der Waals surface area contributed by atoms with Crippen molar-refractivity contribution < 1.29 is 9.53 Å². The van der Waals surface area contributed by atoms with Crippen LogP contribution in [0.15, 0.2) is 48.5 Å². The Morgan fingerprint density at radius 3 is 1.68 bits per heavy atom. The fourth-order valence-corrected chi connectivity index (χ4v) is 1.61. The minimum atomic E-state index is 0.0349. The van der Waals surface area contributed by atoms with Gasteiger partial charge in [0.2, 0.25) is 0 Å². The first-order chi connectivity index (χ1) is 9.20. The molecule has 0 aliphatic rings. The Balaban J connectivity index is 0.000000861. The maximum Gasteiger partial charge on any atom is 0.193 e. The minimum absolute atomic E-state index is 0.0349. The molecule has 0 spiro atoms. The Hall–Kier alpha value is -2.09. The Kier molecular flexibility index (Phi) is 5.80. The van der Waals surface area contributed by atoms with Crippen molar-refractivity contribution in [1.29, 1.82) is 0 Å². The van der Waals surface area contributed by atoms with Crippen LogP contribution in [0, 0.1) is 6.92 Å². The van der Waals surface area contributed by atoms with E-state index in [0.717, 1.165) is 11.3 Å². The third-order valence-corrected chi connectivity index (χ3v) is 2.67.